The van der Waals surface area contributed by atoms with Gasteiger partial charge in [-0.15, -0.1) is 0 Å². The standard InChI is InChI=1S/C19H19FN4/c1-23-10-12-24(13-11-23)19-16-4-2-3-5-17(16)21-18(22-19)14-6-8-15(20)9-7-14/h2-9H,10-13H2,1H3. The highest BCUT2D eigenvalue weighted by atomic mass is 19.1. The quantitative estimate of drug-likeness (QED) is 0.725. The Morgan fingerprint density at radius 3 is 2.33 bits per heavy atom. The molecule has 3 aromatic rings. The minimum Gasteiger partial charge on any atom is -0.353 e. The molecule has 1 saturated heterocycles. The van der Waals surface area contributed by atoms with Crippen LogP contribution in [-0.4, -0.2) is 48.1 Å². The van der Waals surface area contributed by atoms with Crippen molar-refractivity contribution in [2.45, 2.75) is 0 Å². The Morgan fingerprint density at radius 1 is 0.875 bits per heavy atom. The molecule has 0 aliphatic carbocycles. The molecule has 0 saturated carbocycles. The fourth-order valence-corrected chi connectivity index (χ4v) is 3.05. The number of nitrogens with zero attached hydrogens (tertiary/aromatic N) is 4. The first-order chi connectivity index (χ1) is 11.7. The third kappa shape index (κ3) is 2.83. The van der Waals surface area contributed by atoms with Crippen LogP contribution in [0.2, 0.25) is 0 Å². The van der Waals surface area contributed by atoms with E-state index in [1.807, 2.05) is 18.2 Å². The zero-order valence-corrected chi connectivity index (χ0v) is 13.6. The summed E-state index contributed by atoms with van der Waals surface area (Å²) >= 11 is 0. The van der Waals surface area contributed by atoms with Crippen molar-refractivity contribution in [1.29, 1.82) is 0 Å². The molecular weight excluding hydrogens is 303 g/mol. The predicted octanol–water partition coefficient (Wildman–Crippen LogP) is 3.19. The smallest absolute Gasteiger partial charge is 0.162 e. The topological polar surface area (TPSA) is 32.3 Å². The molecular formula is C19H19FN4. The van der Waals surface area contributed by atoms with Gasteiger partial charge in [-0.2, -0.15) is 0 Å². The molecule has 122 valence electrons. The third-order valence-electron chi connectivity index (χ3n) is 4.49. The molecule has 0 N–H and O–H groups in total. The highest BCUT2D eigenvalue weighted by Crippen LogP contribution is 2.28. The molecule has 0 unspecified atom stereocenters. The number of benzene rings is 2. The lowest BCUT2D eigenvalue weighted by Crippen LogP contribution is -2.45. The highest BCUT2D eigenvalue weighted by Gasteiger charge is 2.19. The van der Waals surface area contributed by atoms with Crippen molar-refractivity contribution in [3.05, 3.63) is 54.3 Å². The van der Waals surface area contributed by atoms with E-state index in [1.165, 1.54) is 12.1 Å². The number of hydrogen-bond acceptors (Lipinski definition) is 4. The first kappa shape index (κ1) is 15.0. The van der Waals surface area contributed by atoms with E-state index in [2.05, 4.69) is 27.9 Å². The van der Waals surface area contributed by atoms with Crippen LogP contribution >= 0.6 is 0 Å². The van der Waals surface area contributed by atoms with Gasteiger partial charge >= 0.3 is 0 Å². The van der Waals surface area contributed by atoms with Crippen molar-refractivity contribution in [2.75, 3.05) is 38.1 Å². The van der Waals surface area contributed by atoms with Gasteiger partial charge in [-0.05, 0) is 43.4 Å². The maximum absolute atomic E-state index is 13.2. The van der Waals surface area contributed by atoms with Gasteiger partial charge in [0.05, 0.1) is 5.52 Å². The van der Waals surface area contributed by atoms with Crippen LogP contribution in [-0.2, 0) is 0 Å². The summed E-state index contributed by atoms with van der Waals surface area (Å²) in [5.74, 6) is 1.36. The zero-order chi connectivity index (χ0) is 16.5. The zero-order valence-electron chi connectivity index (χ0n) is 13.6. The van der Waals surface area contributed by atoms with Crippen LogP contribution < -0.4 is 4.90 Å². The fourth-order valence-electron chi connectivity index (χ4n) is 3.05. The molecule has 4 nitrogen and oxygen atoms in total. The monoisotopic (exact) mass is 322 g/mol. The molecule has 4 rings (SSSR count). The van der Waals surface area contributed by atoms with Crippen LogP contribution in [0.25, 0.3) is 22.3 Å². The average molecular weight is 322 g/mol. The molecule has 0 atom stereocenters. The van der Waals surface area contributed by atoms with Crippen LogP contribution in [0.4, 0.5) is 10.2 Å². The Hall–Kier alpha value is -2.53. The number of likely N-dealkylation sites (N-methyl/N-ethyl adjacent to an activating group) is 1. The van der Waals surface area contributed by atoms with Gasteiger partial charge in [0.25, 0.3) is 0 Å². The van der Waals surface area contributed by atoms with Crippen molar-refractivity contribution in [1.82, 2.24) is 14.9 Å². The van der Waals surface area contributed by atoms with E-state index in [1.54, 1.807) is 12.1 Å². The molecule has 0 amide bonds. The second kappa shape index (κ2) is 6.17. The number of piperazine rings is 1. The number of fused-ring (bicyclic) bond motifs is 1. The number of aromatic nitrogens is 2. The first-order valence-corrected chi connectivity index (χ1v) is 8.17. The Labute approximate surface area is 140 Å². The molecule has 2 heterocycles. The summed E-state index contributed by atoms with van der Waals surface area (Å²) in [6.07, 6.45) is 0. The maximum Gasteiger partial charge on any atom is 0.162 e. The molecule has 5 heteroatoms. The van der Waals surface area contributed by atoms with E-state index in [0.29, 0.717) is 5.82 Å². The summed E-state index contributed by atoms with van der Waals surface area (Å²) < 4.78 is 13.2. The van der Waals surface area contributed by atoms with Crippen LogP contribution in [0.1, 0.15) is 0 Å². The molecule has 1 aromatic heterocycles. The molecule has 2 aromatic carbocycles. The molecule has 0 radical (unpaired) electrons. The van der Waals surface area contributed by atoms with Gasteiger partial charge in [0, 0.05) is 37.1 Å². The van der Waals surface area contributed by atoms with Crippen molar-refractivity contribution >= 4 is 16.7 Å². The van der Waals surface area contributed by atoms with E-state index in [4.69, 9.17) is 4.98 Å². The number of hydrogen-bond donors (Lipinski definition) is 0. The summed E-state index contributed by atoms with van der Waals surface area (Å²) in [7, 11) is 2.14. The van der Waals surface area contributed by atoms with Gasteiger partial charge in [0.1, 0.15) is 11.6 Å². The molecule has 24 heavy (non-hydrogen) atoms. The fraction of sp³-hybridized carbons (Fsp3) is 0.263. The van der Waals surface area contributed by atoms with Crippen LogP contribution in [0.3, 0.4) is 0 Å². The Balaban J connectivity index is 1.83. The predicted molar refractivity (Wildman–Crippen MR) is 94.6 cm³/mol. The van der Waals surface area contributed by atoms with Crippen LogP contribution in [0.15, 0.2) is 48.5 Å². The van der Waals surface area contributed by atoms with E-state index < -0.39 is 0 Å². The minimum atomic E-state index is -0.251. The SMILES string of the molecule is CN1CCN(c2nc(-c3ccc(F)cc3)nc3ccccc23)CC1. The van der Waals surface area contributed by atoms with E-state index >= 15 is 0 Å². The van der Waals surface area contributed by atoms with Gasteiger partial charge in [0.2, 0.25) is 0 Å². The highest BCUT2D eigenvalue weighted by molar-refractivity contribution is 5.91. The summed E-state index contributed by atoms with van der Waals surface area (Å²) in [5, 5.41) is 1.06. The van der Waals surface area contributed by atoms with E-state index in [-0.39, 0.29) is 5.82 Å². The van der Waals surface area contributed by atoms with Gasteiger partial charge in [-0.25, -0.2) is 14.4 Å². The summed E-state index contributed by atoms with van der Waals surface area (Å²) in [6, 6.07) is 14.4. The number of halogens is 1. The van der Waals surface area contributed by atoms with Gasteiger partial charge in [-0.3, -0.25) is 0 Å². The van der Waals surface area contributed by atoms with Gasteiger partial charge in [0.15, 0.2) is 5.82 Å². The van der Waals surface area contributed by atoms with Crippen molar-refractivity contribution in [2.24, 2.45) is 0 Å². The Morgan fingerprint density at radius 2 is 1.58 bits per heavy atom. The lowest BCUT2D eigenvalue weighted by Gasteiger charge is -2.33. The molecule has 0 bridgehead atoms. The Bertz CT molecular complexity index is 855. The lowest BCUT2D eigenvalue weighted by molar-refractivity contribution is 0.312. The Kier molecular flexibility index (Phi) is 3.86. The average Bonchev–Trinajstić information content (AvgIpc) is 2.62. The maximum atomic E-state index is 13.2. The van der Waals surface area contributed by atoms with Crippen molar-refractivity contribution < 1.29 is 4.39 Å². The van der Waals surface area contributed by atoms with Crippen LogP contribution in [0, 0.1) is 5.82 Å². The van der Waals surface area contributed by atoms with Gasteiger partial charge < -0.3 is 9.80 Å². The lowest BCUT2D eigenvalue weighted by atomic mass is 10.1. The summed E-state index contributed by atoms with van der Waals surface area (Å²) in [4.78, 5) is 14.1. The largest absolute Gasteiger partial charge is 0.353 e. The number of rotatable bonds is 2. The molecule has 1 fully saturated rings. The number of para-hydroxylation sites is 1. The summed E-state index contributed by atoms with van der Waals surface area (Å²) in [5.41, 5.74) is 1.75. The third-order valence-corrected chi connectivity index (χ3v) is 4.49. The second-order valence-electron chi connectivity index (χ2n) is 6.19. The first-order valence-electron chi connectivity index (χ1n) is 8.17. The van der Waals surface area contributed by atoms with Gasteiger partial charge in [-0.1, -0.05) is 12.1 Å². The number of anilines is 1. The summed E-state index contributed by atoms with van der Waals surface area (Å²) in [6.45, 7) is 3.93. The van der Waals surface area contributed by atoms with E-state index in [9.17, 15) is 4.39 Å². The molecule has 1 aliphatic rings. The molecule has 0 spiro atoms. The van der Waals surface area contributed by atoms with Crippen molar-refractivity contribution in [3.63, 3.8) is 0 Å². The molecule has 1 aliphatic heterocycles. The second-order valence-corrected chi connectivity index (χ2v) is 6.19. The minimum absolute atomic E-state index is 0.251. The van der Waals surface area contributed by atoms with Crippen molar-refractivity contribution in [3.8, 4) is 11.4 Å². The van der Waals surface area contributed by atoms with Crippen LogP contribution in [0.5, 0.6) is 0 Å². The van der Waals surface area contributed by atoms with E-state index in [0.717, 1.165) is 48.5 Å². The normalized spacial score (nSPS) is 15.8.